The van der Waals surface area contributed by atoms with E-state index in [0.29, 0.717) is 17.2 Å². The van der Waals surface area contributed by atoms with Crippen LogP contribution >= 0.6 is 0 Å². The van der Waals surface area contributed by atoms with Crippen LogP contribution in [0, 0.1) is 0 Å². The molecule has 2 aromatic carbocycles. The van der Waals surface area contributed by atoms with Gasteiger partial charge in [-0.3, -0.25) is 0 Å². The molecule has 0 amide bonds. The fraction of sp³-hybridized carbons (Fsp3) is 0.440. The first-order valence-corrected chi connectivity index (χ1v) is 11.3. The van der Waals surface area contributed by atoms with Crippen LogP contribution in [0.15, 0.2) is 58.8 Å². The van der Waals surface area contributed by atoms with Gasteiger partial charge in [-0.1, -0.05) is 78.0 Å². The molecule has 2 rings (SSSR count). The highest BCUT2D eigenvalue weighted by Crippen LogP contribution is 2.37. The van der Waals surface area contributed by atoms with Crippen LogP contribution in [0.4, 0.5) is 0 Å². The van der Waals surface area contributed by atoms with E-state index in [0.717, 1.165) is 21.6 Å². The van der Waals surface area contributed by atoms with Crippen molar-refractivity contribution in [3.63, 3.8) is 0 Å². The van der Waals surface area contributed by atoms with Crippen LogP contribution in [0.2, 0.25) is 0 Å². The van der Waals surface area contributed by atoms with Crippen molar-refractivity contribution in [3.05, 3.63) is 71.3 Å². The summed E-state index contributed by atoms with van der Waals surface area (Å²) >= 11 is 0. The molecule has 3 heteroatoms. The van der Waals surface area contributed by atoms with Crippen molar-refractivity contribution in [2.24, 2.45) is 0 Å². The quantitative estimate of drug-likeness (QED) is 0.495. The van der Waals surface area contributed by atoms with Gasteiger partial charge in [0.1, 0.15) is 0 Å². The lowest BCUT2D eigenvalue weighted by molar-refractivity contribution is 0.178. The summed E-state index contributed by atoms with van der Waals surface area (Å²) in [6, 6.07) is 12.0. The Hall–Kier alpha value is -1.71. The van der Waals surface area contributed by atoms with Crippen molar-refractivity contribution in [2.75, 3.05) is 0 Å². The van der Waals surface area contributed by atoms with Gasteiger partial charge in [-0.2, -0.15) is 0 Å². The third-order valence-electron chi connectivity index (χ3n) is 5.13. The average molecular weight is 399 g/mol. The summed E-state index contributed by atoms with van der Waals surface area (Å²) in [5, 5.41) is 10.6. The summed E-state index contributed by atoms with van der Waals surface area (Å²) in [5.41, 5.74) is 4.29. The van der Waals surface area contributed by atoms with Gasteiger partial charge in [0.25, 0.3) is 0 Å². The van der Waals surface area contributed by atoms with Crippen molar-refractivity contribution in [2.45, 2.75) is 81.6 Å². The van der Waals surface area contributed by atoms with Crippen LogP contribution in [0.3, 0.4) is 0 Å². The third-order valence-corrected chi connectivity index (χ3v) is 6.75. The maximum absolute atomic E-state index is 13.9. The smallest absolute Gasteiger partial charge is 0.0859 e. The average Bonchev–Trinajstić information content (AvgIpc) is 2.66. The Morgan fingerprint density at radius 3 is 1.93 bits per heavy atom. The van der Waals surface area contributed by atoms with Crippen LogP contribution < -0.4 is 0 Å². The van der Waals surface area contributed by atoms with Gasteiger partial charge in [0.2, 0.25) is 0 Å². The molecule has 0 heterocycles. The van der Waals surface area contributed by atoms with Crippen molar-refractivity contribution in [3.8, 4) is 0 Å². The highest BCUT2D eigenvalue weighted by atomic mass is 32.2. The van der Waals surface area contributed by atoms with E-state index < -0.39 is 16.9 Å². The number of aliphatic hydroxyl groups is 1. The molecule has 2 aromatic rings. The highest BCUT2D eigenvalue weighted by molar-refractivity contribution is 7.85. The summed E-state index contributed by atoms with van der Waals surface area (Å²) in [7, 11) is -1.36. The first kappa shape index (κ1) is 22.6. The second-order valence-corrected chi connectivity index (χ2v) is 9.72. The van der Waals surface area contributed by atoms with Crippen LogP contribution in [-0.2, 0) is 10.8 Å². The highest BCUT2D eigenvalue weighted by Gasteiger charge is 2.25. The fourth-order valence-electron chi connectivity index (χ4n) is 3.42. The predicted octanol–water partition coefficient (Wildman–Crippen LogP) is 6.83. The van der Waals surface area contributed by atoms with Gasteiger partial charge >= 0.3 is 0 Å². The molecule has 0 spiro atoms. The zero-order chi connectivity index (χ0) is 21.0. The second kappa shape index (κ2) is 9.67. The molecule has 0 saturated heterocycles. The SMILES string of the molecule is C=CC[C@H](O)c1ccccc1S(=O)c1c(C(C)C)cc(C(C)C)cc1C(C)C. The molecular formula is C25H34O2S. The third kappa shape index (κ3) is 4.82. The summed E-state index contributed by atoms with van der Waals surface area (Å²) in [6.07, 6.45) is 1.44. The summed E-state index contributed by atoms with van der Waals surface area (Å²) in [6.45, 7) is 16.7. The fourth-order valence-corrected chi connectivity index (χ4v) is 5.28. The van der Waals surface area contributed by atoms with Crippen LogP contribution in [0.5, 0.6) is 0 Å². The van der Waals surface area contributed by atoms with E-state index in [1.807, 2.05) is 24.3 Å². The molecule has 152 valence electrons. The van der Waals surface area contributed by atoms with Crippen molar-refractivity contribution < 1.29 is 9.32 Å². The summed E-state index contributed by atoms with van der Waals surface area (Å²) in [4.78, 5) is 1.60. The van der Waals surface area contributed by atoms with E-state index in [9.17, 15) is 9.32 Å². The lowest BCUT2D eigenvalue weighted by Crippen LogP contribution is -2.11. The minimum absolute atomic E-state index is 0.264. The normalized spacial score (nSPS) is 13.9. The molecule has 0 saturated carbocycles. The Bertz CT molecular complexity index is 820. The van der Waals surface area contributed by atoms with E-state index in [4.69, 9.17) is 0 Å². The first-order chi connectivity index (χ1) is 13.2. The molecule has 0 bridgehead atoms. The molecule has 0 fully saturated rings. The van der Waals surface area contributed by atoms with Crippen LogP contribution in [0.1, 0.15) is 94.1 Å². The second-order valence-electron chi connectivity index (χ2n) is 8.34. The Balaban J connectivity index is 2.74. The lowest BCUT2D eigenvalue weighted by Gasteiger charge is -2.23. The maximum atomic E-state index is 13.9. The van der Waals surface area contributed by atoms with E-state index in [1.54, 1.807) is 6.08 Å². The minimum atomic E-state index is -1.36. The number of aliphatic hydroxyl groups excluding tert-OH is 1. The molecule has 1 N–H and O–H groups in total. The molecule has 0 aliphatic carbocycles. The van der Waals surface area contributed by atoms with Crippen LogP contribution in [-0.4, -0.2) is 9.32 Å². The van der Waals surface area contributed by atoms with Gasteiger partial charge in [0.15, 0.2) is 0 Å². The van der Waals surface area contributed by atoms with Gasteiger partial charge < -0.3 is 5.11 Å². The lowest BCUT2D eigenvalue weighted by atomic mass is 9.89. The Morgan fingerprint density at radius 1 is 0.929 bits per heavy atom. The largest absolute Gasteiger partial charge is 0.388 e. The maximum Gasteiger partial charge on any atom is 0.0859 e. The number of rotatable bonds is 8. The van der Waals surface area contributed by atoms with Crippen LogP contribution in [0.25, 0.3) is 0 Å². The van der Waals surface area contributed by atoms with E-state index >= 15 is 0 Å². The zero-order valence-corrected chi connectivity index (χ0v) is 18.8. The molecule has 2 nitrogen and oxygen atoms in total. The molecule has 0 aliphatic rings. The first-order valence-electron chi connectivity index (χ1n) is 10.2. The van der Waals surface area contributed by atoms with Gasteiger partial charge in [0, 0.05) is 4.90 Å². The molecule has 28 heavy (non-hydrogen) atoms. The summed E-state index contributed by atoms with van der Waals surface area (Å²) in [5.74, 6) is 0.944. The molecule has 2 atom stereocenters. The standard InChI is InChI=1S/C25H34O2S/c1-8-11-23(26)20-12-9-10-13-24(20)28(27)25-21(17(4)5)14-19(16(2)3)15-22(25)18(6)7/h8-10,12-18,23,26H,1,11H2,2-7H3/t23-,28?/m0/s1. The Labute approximate surface area is 173 Å². The van der Waals surface area contributed by atoms with Gasteiger partial charge in [-0.15, -0.1) is 6.58 Å². The number of benzene rings is 2. The predicted molar refractivity (Wildman–Crippen MR) is 120 cm³/mol. The molecule has 1 unspecified atom stereocenters. The van der Waals surface area contributed by atoms with Crippen molar-refractivity contribution >= 4 is 10.8 Å². The number of hydrogen-bond acceptors (Lipinski definition) is 2. The van der Waals surface area contributed by atoms with Crippen molar-refractivity contribution in [1.82, 2.24) is 0 Å². The topological polar surface area (TPSA) is 37.3 Å². The van der Waals surface area contributed by atoms with Gasteiger partial charge in [-0.05, 0) is 52.5 Å². The minimum Gasteiger partial charge on any atom is -0.388 e. The van der Waals surface area contributed by atoms with E-state index in [2.05, 4.69) is 60.3 Å². The van der Waals surface area contributed by atoms with Gasteiger partial charge in [0.05, 0.1) is 21.8 Å². The molecular weight excluding hydrogens is 364 g/mol. The van der Waals surface area contributed by atoms with Crippen molar-refractivity contribution in [1.29, 1.82) is 0 Å². The van der Waals surface area contributed by atoms with E-state index in [1.165, 1.54) is 5.56 Å². The monoisotopic (exact) mass is 398 g/mol. The molecule has 0 radical (unpaired) electrons. The Morgan fingerprint density at radius 2 is 1.46 bits per heavy atom. The number of hydrogen-bond donors (Lipinski definition) is 1. The van der Waals surface area contributed by atoms with E-state index in [-0.39, 0.29) is 11.8 Å². The Kier molecular flexibility index (Phi) is 7.79. The molecule has 0 aliphatic heterocycles. The molecule has 0 aromatic heterocycles. The van der Waals surface area contributed by atoms with Gasteiger partial charge in [-0.25, -0.2) is 4.21 Å². The summed E-state index contributed by atoms with van der Waals surface area (Å²) < 4.78 is 13.9. The zero-order valence-electron chi connectivity index (χ0n) is 18.0.